The zero-order valence-corrected chi connectivity index (χ0v) is 35.4. The fourth-order valence-electron chi connectivity index (χ4n) is 2.58. The van der Waals surface area contributed by atoms with E-state index >= 15 is 0 Å². The van der Waals surface area contributed by atoms with Crippen molar-refractivity contribution in [3.05, 3.63) is 127 Å². The van der Waals surface area contributed by atoms with Gasteiger partial charge in [-0.2, -0.15) is 12.1 Å². The first-order valence-corrected chi connectivity index (χ1v) is 16.5. The van der Waals surface area contributed by atoms with Crippen molar-refractivity contribution in [3.8, 4) is 0 Å². The molecule has 0 spiro atoms. The SMILES string of the molecule is CC.CC.CC.CC(C)(C)C.CC(C)(C)C.CC(C)(C)c1ccccc1.[CH-]=Cc1[c-]cccc1.[Y].c1ccc2ccccc2c1. The van der Waals surface area contributed by atoms with E-state index < -0.39 is 0 Å². The number of hydrogen-bond donors (Lipinski definition) is 0. The second-order valence-corrected chi connectivity index (χ2v) is 13.4. The summed E-state index contributed by atoms with van der Waals surface area (Å²) in [5.41, 5.74) is 3.63. The zero-order chi connectivity index (χ0) is 35.2. The van der Waals surface area contributed by atoms with Gasteiger partial charge >= 0.3 is 0 Å². The molecule has 0 aliphatic heterocycles. The van der Waals surface area contributed by atoms with E-state index in [-0.39, 0.29) is 32.7 Å². The van der Waals surface area contributed by atoms with E-state index in [0.717, 1.165) is 5.56 Å². The van der Waals surface area contributed by atoms with Crippen LogP contribution in [0, 0.1) is 23.5 Å². The summed E-state index contributed by atoms with van der Waals surface area (Å²) in [5, 5.41) is 2.62. The van der Waals surface area contributed by atoms with Gasteiger partial charge in [0.05, 0.1) is 0 Å². The van der Waals surface area contributed by atoms with Gasteiger partial charge in [-0.15, -0.1) is 6.07 Å². The molecule has 0 aliphatic carbocycles. The molecule has 0 unspecified atom stereocenters. The molecule has 1 heteroatoms. The van der Waals surface area contributed by atoms with Crippen LogP contribution in [-0.4, -0.2) is 0 Å². The summed E-state index contributed by atoms with van der Waals surface area (Å²) in [7, 11) is 0. The van der Waals surface area contributed by atoms with Crippen LogP contribution in [-0.2, 0) is 38.1 Å². The molecule has 0 saturated carbocycles. The van der Waals surface area contributed by atoms with Crippen LogP contribution in [0.5, 0.6) is 0 Å². The Labute approximate surface area is 308 Å². The number of benzene rings is 4. The van der Waals surface area contributed by atoms with E-state index in [0.29, 0.717) is 16.2 Å². The van der Waals surface area contributed by atoms with E-state index in [9.17, 15) is 0 Å². The van der Waals surface area contributed by atoms with Crippen molar-refractivity contribution in [2.24, 2.45) is 10.8 Å². The Bertz CT molecular complexity index is 1030. The van der Waals surface area contributed by atoms with E-state index in [2.05, 4.69) is 161 Å². The van der Waals surface area contributed by atoms with Gasteiger partial charge in [-0.1, -0.05) is 197 Å². The van der Waals surface area contributed by atoms with Gasteiger partial charge in [0.2, 0.25) is 0 Å². The molecule has 251 valence electrons. The van der Waals surface area contributed by atoms with Gasteiger partial charge < -0.3 is 18.2 Å². The summed E-state index contributed by atoms with van der Waals surface area (Å²) in [6.45, 7) is 41.4. The van der Waals surface area contributed by atoms with E-state index in [1.807, 2.05) is 65.8 Å². The fourth-order valence-corrected chi connectivity index (χ4v) is 2.58. The first-order chi connectivity index (χ1) is 20.5. The maximum absolute atomic E-state index is 5.19. The third-order valence-corrected chi connectivity index (χ3v) is 4.21. The average Bonchev–Trinajstić information content (AvgIpc) is 3.00. The minimum atomic E-state index is 0. The molecule has 4 rings (SSSR count). The molecule has 0 aliphatic rings. The van der Waals surface area contributed by atoms with E-state index in [1.54, 1.807) is 0 Å². The average molecular weight is 688 g/mol. The smallest absolute Gasteiger partial charge is 0 e. The Hall–Kier alpha value is -2.02. The van der Waals surface area contributed by atoms with Crippen LogP contribution in [0.15, 0.2) is 103 Å². The Balaban J connectivity index is -0.000000145. The molecule has 0 atom stereocenters. The van der Waals surface area contributed by atoms with Crippen LogP contribution in [0.4, 0.5) is 0 Å². The van der Waals surface area contributed by atoms with Crippen LogP contribution in [0.25, 0.3) is 16.8 Å². The molecule has 0 aromatic heterocycles. The number of hydrogen-bond acceptors (Lipinski definition) is 0. The van der Waals surface area contributed by atoms with Gasteiger partial charge in [0.1, 0.15) is 0 Å². The van der Waals surface area contributed by atoms with Crippen molar-refractivity contribution in [1.82, 2.24) is 0 Å². The normalized spacial score (nSPS) is 9.36. The third-order valence-electron chi connectivity index (χ3n) is 4.21. The van der Waals surface area contributed by atoms with Gasteiger partial charge in [-0.05, 0) is 32.6 Å². The van der Waals surface area contributed by atoms with Crippen molar-refractivity contribution in [2.45, 2.75) is 123 Å². The molecular weight excluding hydrogens is 617 g/mol. The molecule has 4 aromatic rings. The Kier molecular flexibility index (Phi) is 37.3. The van der Waals surface area contributed by atoms with Crippen molar-refractivity contribution in [3.63, 3.8) is 0 Å². The Morgan fingerprint density at radius 2 is 0.756 bits per heavy atom. The molecule has 0 amide bonds. The first kappa shape index (κ1) is 52.5. The molecule has 0 N–H and O–H groups in total. The van der Waals surface area contributed by atoms with Gasteiger partial charge in [0, 0.05) is 32.7 Å². The molecule has 0 heterocycles. The molecule has 1 radical (unpaired) electrons. The molecule has 0 saturated heterocycles. The molecule has 4 aromatic carbocycles. The second-order valence-electron chi connectivity index (χ2n) is 13.4. The maximum atomic E-state index is 5.19. The van der Waals surface area contributed by atoms with Crippen LogP contribution < -0.4 is 0 Å². The monoisotopic (exact) mass is 687 g/mol. The second kappa shape index (κ2) is 31.9. The molecule has 0 nitrogen and oxygen atoms in total. The summed E-state index contributed by atoms with van der Waals surface area (Å²) in [6.07, 6.45) is 1.53. The van der Waals surface area contributed by atoms with Crippen molar-refractivity contribution in [1.29, 1.82) is 0 Å². The summed E-state index contributed by atoms with van der Waals surface area (Å²) >= 11 is 0. The van der Waals surface area contributed by atoms with Gasteiger partial charge in [0.25, 0.3) is 0 Å². The van der Waals surface area contributed by atoms with Crippen LogP contribution >= 0.6 is 0 Å². The number of rotatable bonds is 1. The maximum Gasteiger partial charge on any atom is 0 e. The first-order valence-electron chi connectivity index (χ1n) is 16.5. The fraction of sp³-hybridized carbons (Fsp3) is 0.455. The summed E-state index contributed by atoms with van der Waals surface area (Å²) in [6, 6.07) is 37.8. The predicted octanol–water partition coefficient (Wildman–Crippen LogP) is 14.9. The minimum absolute atomic E-state index is 0. The zero-order valence-electron chi connectivity index (χ0n) is 32.5. The topological polar surface area (TPSA) is 0 Å². The third kappa shape index (κ3) is 42.0. The van der Waals surface area contributed by atoms with Crippen LogP contribution in [0.3, 0.4) is 0 Å². The Morgan fingerprint density at radius 3 is 0.956 bits per heavy atom. The summed E-state index contributed by atoms with van der Waals surface area (Å²) in [5.74, 6) is 0. The molecule has 0 bridgehead atoms. The van der Waals surface area contributed by atoms with Crippen LogP contribution in [0.1, 0.15) is 129 Å². The van der Waals surface area contributed by atoms with Crippen molar-refractivity contribution >= 4 is 16.8 Å². The Morgan fingerprint density at radius 1 is 0.467 bits per heavy atom. The van der Waals surface area contributed by atoms with Gasteiger partial charge in [0.15, 0.2) is 0 Å². The van der Waals surface area contributed by atoms with E-state index in [1.165, 1.54) is 22.4 Å². The minimum Gasteiger partial charge on any atom is -0.344 e. The quantitative estimate of drug-likeness (QED) is 0.175. The molecule has 0 fully saturated rings. The number of fused-ring (bicyclic) bond motifs is 1. The standard InChI is InChI=1S/C10H8.C10H14.C8H6.2C5H12.3C2H6.Y/c1-2-6-10-8-4-3-7-9(10)5-1;1-10(2,3)9-7-5-4-6-8-9;1-2-8-6-4-3-5-7-8;2*1-5(2,3)4;3*1-2;/h1-8H;4-8H,1-3H3;1-6H;2*1-4H3;3*1-2H3;/q;;-2;;;;;;. The van der Waals surface area contributed by atoms with Crippen molar-refractivity contribution < 1.29 is 32.7 Å². The largest absolute Gasteiger partial charge is 0.344 e. The van der Waals surface area contributed by atoms with Gasteiger partial charge in [-0.25, -0.2) is 12.1 Å². The van der Waals surface area contributed by atoms with E-state index in [4.69, 9.17) is 6.58 Å². The van der Waals surface area contributed by atoms with Gasteiger partial charge in [-0.3, -0.25) is 0 Å². The predicted molar refractivity (Wildman–Crippen MR) is 207 cm³/mol. The molecule has 45 heavy (non-hydrogen) atoms. The summed E-state index contributed by atoms with van der Waals surface area (Å²) < 4.78 is 0. The van der Waals surface area contributed by atoms with Crippen LogP contribution in [0.2, 0.25) is 0 Å². The molecular formula is C44H70Y-2. The summed E-state index contributed by atoms with van der Waals surface area (Å²) in [4.78, 5) is 0. The van der Waals surface area contributed by atoms with Crippen molar-refractivity contribution in [2.75, 3.05) is 0 Å².